The lowest BCUT2D eigenvalue weighted by molar-refractivity contribution is -0.136. The van der Waals surface area contributed by atoms with E-state index in [4.69, 9.17) is 0 Å². The predicted octanol–water partition coefficient (Wildman–Crippen LogP) is 5.34. The average Bonchev–Trinajstić information content (AvgIpc) is 3.72. The third kappa shape index (κ3) is 7.06. The number of carbonyl (C=O) groups is 3. The number of halogens is 1. The number of anilines is 1. The van der Waals surface area contributed by atoms with E-state index >= 15 is 0 Å². The summed E-state index contributed by atoms with van der Waals surface area (Å²) in [5.74, 6) is -0.256. The first kappa shape index (κ1) is 27.4. The zero-order chi connectivity index (χ0) is 27.2. The molecule has 0 spiro atoms. The Balaban J connectivity index is 1.30. The lowest BCUT2D eigenvalue weighted by atomic mass is 10.0. The number of para-hydroxylation sites is 1. The van der Waals surface area contributed by atoms with Gasteiger partial charge in [0.15, 0.2) is 0 Å². The van der Waals surface area contributed by atoms with Gasteiger partial charge in [0, 0.05) is 50.7 Å². The van der Waals surface area contributed by atoms with Crippen LogP contribution in [-0.2, 0) is 27.3 Å². The molecule has 2 heterocycles. The molecule has 0 radical (unpaired) electrons. The molecule has 2 aromatic carbocycles. The summed E-state index contributed by atoms with van der Waals surface area (Å²) in [6, 6.07) is 14.4. The predicted molar refractivity (Wildman–Crippen MR) is 149 cm³/mol. The van der Waals surface area contributed by atoms with Crippen LogP contribution in [0.15, 0.2) is 48.5 Å². The van der Waals surface area contributed by atoms with Crippen molar-refractivity contribution in [3.8, 4) is 0 Å². The number of fused-ring (bicyclic) bond motifs is 1. The summed E-state index contributed by atoms with van der Waals surface area (Å²) in [5.41, 5.74) is 2.89. The quantitative estimate of drug-likeness (QED) is 0.521. The molecular formula is C32H40FN3O3. The molecule has 3 aliphatic rings. The van der Waals surface area contributed by atoms with E-state index in [1.165, 1.54) is 12.1 Å². The van der Waals surface area contributed by atoms with E-state index < -0.39 is 0 Å². The third-order valence-electron chi connectivity index (χ3n) is 8.36. The van der Waals surface area contributed by atoms with Crippen molar-refractivity contribution in [2.24, 2.45) is 11.8 Å². The smallest absolute Gasteiger partial charge is 0.230 e. The molecule has 0 N–H and O–H groups in total. The Morgan fingerprint density at radius 2 is 1.51 bits per heavy atom. The highest BCUT2D eigenvalue weighted by molar-refractivity contribution is 5.97. The van der Waals surface area contributed by atoms with Crippen LogP contribution in [0.5, 0.6) is 0 Å². The van der Waals surface area contributed by atoms with E-state index in [-0.39, 0.29) is 41.8 Å². The minimum atomic E-state index is -0.363. The number of hydrogen-bond donors (Lipinski definition) is 0. The van der Waals surface area contributed by atoms with Gasteiger partial charge in [-0.2, -0.15) is 0 Å². The summed E-state index contributed by atoms with van der Waals surface area (Å²) in [6.45, 7) is 2.77. The molecule has 2 aromatic rings. The second-order valence-electron chi connectivity index (χ2n) is 11.4. The van der Waals surface area contributed by atoms with Crippen LogP contribution >= 0.6 is 0 Å². The second-order valence-corrected chi connectivity index (χ2v) is 11.4. The Hall–Kier alpha value is -3.22. The maximum absolute atomic E-state index is 13.9. The van der Waals surface area contributed by atoms with Crippen LogP contribution in [0, 0.1) is 17.7 Å². The van der Waals surface area contributed by atoms with Crippen LogP contribution < -0.4 is 4.90 Å². The van der Waals surface area contributed by atoms with E-state index in [2.05, 4.69) is 0 Å². The Bertz CT molecular complexity index is 1160. The normalized spacial score (nSPS) is 21.1. The summed E-state index contributed by atoms with van der Waals surface area (Å²) in [7, 11) is 0. The molecule has 6 nitrogen and oxygen atoms in total. The molecule has 5 rings (SSSR count). The van der Waals surface area contributed by atoms with Gasteiger partial charge in [-0.05, 0) is 61.4 Å². The molecule has 7 heteroatoms. The van der Waals surface area contributed by atoms with Gasteiger partial charge < -0.3 is 14.7 Å². The minimum absolute atomic E-state index is 0.00269. The molecule has 1 unspecified atom stereocenters. The van der Waals surface area contributed by atoms with Crippen molar-refractivity contribution in [1.29, 1.82) is 0 Å². The van der Waals surface area contributed by atoms with Crippen molar-refractivity contribution in [3.63, 3.8) is 0 Å². The molecule has 0 bridgehead atoms. The van der Waals surface area contributed by atoms with Crippen molar-refractivity contribution in [3.05, 3.63) is 65.5 Å². The lowest BCUT2D eigenvalue weighted by Gasteiger charge is -2.30. The van der Waals surface area contributed by atoms with Gasteiger partial charge in [0.2, 0.25) is 17.7 Å². The SMILES string of the molecule is O=C1CC(C(=O)N2CCCCCCCCN(C(=O)C3CC3)c3ccccc3C2)CN1CCc1ccc(F)cc1. The van der Waals surface area contributed by atoms with Crippen LogP contribution in [0.25, 0.3) is 0 Å². The van der Waals surface area contributed by atoms with Gasteiger partial charge in [0.1, 0.15) is 5.82 Å². The zero-order valence-electron chi connectivity index (χ0n) is 22.8. The van der Waals surface area contributed by atoms with Crippen LogP contribution in [-0.4, -0.2) is 53.7 Å². The number of carbonyl (C=O) groups excluding carboxylic acids is 3. The van der Waals surface area contributed by atoms with Crippen LogP contribution in [0.1, 0.15) is 68.9 Å². The molecule has 208 valence electrons. The highest BCUT2D eigenvalue weighted by Gasteiger charge is 2.37. The molecule has 1 saturated carbocycles. The largest absolute Gasteiger partial charge is 0.342 e. The monoisotopic (exact) mass is 533 g/mol. The number of likely N-dealkylation sites (tertiary alicyclic amines) is 1. The third-order valence-corrected chi connectivity index (χ3v) is 8.36. The van der Waals surface area contributed by atoms with Gasteiger partial charge in [-0.25, -0.2) is 4.39 Å². The van der Waals surface area contributed by atoms with Crippen molar-refractivity contribution < 1.29 is 18.8 Å². The van der Waals surface area contributed by atoms with Crippen LogP contribution in [0.4, 0.5) is 10.1 Å². The van der Waals surface area contributed by atoms with Crippen LogP contribution in [0.2, 0.25) is 0 Å². The lowest BCUT2D eigenvalue weighted by Crippen LogP contribution is -2.39. The van der Waals surface area contributed by atoms with Crippen molar-refractivity contribution in [1.82, 2.24) is 9.80 Å². The number of rotatable bonds is 5. The fourth-order valence-corrected chi connectivity index (χ4v) is 5.89. The maximum atomic E-state index is 13.9. The van der Waals surface area contributed by atoms with E-state index in [0.717, 1.165) is 74.7 Å². The van der Waals surface area contributed by atoms with E-state index in [0.29, 0.717) is 32.6 Å². The highest BCUT2D eigenvalue weighted by atomic mass is 19.1. The van der Waals surface area contributed by atoms with Crippen molar-refractivity contribution >= 4 is 23.4 Å². The maximum Gasteiger partial charge on any atom is 0.230 e. The van der Waals surface area contributed by atoms with E-state index in [1.807, 2.05) is 34.1 Å². The van der Waals surface area contributed by atoms with Gasteiger partial charge in [-0.3, -0.25) is 14.4 Å². The zero-order valence-corrected chi connectivity index (χ0v) is 22.8. The van der Waals surface area contributed by atoms with Crippen molar-refractivity contribution in [2.75, 3.05) is 31.1 Å². The number of benzene rings is 2. The summed E-state index contributed by atoms with van der Waals surface area (Å²) < 4.78 is 13.2. The molecule has 2 aliphatic heterocycles. The minimum Gasteiger partial charge on any atom is -0.342 e. The summed E-state index contributed by atoms with van der Waals surface area (Å²) in [4.78, 5) is 45.6. The molecular weight excluding hydrogens is 493 g/mol. The molecule has 3 amide bonds. The van der Waals surface area contributed by atoms with Gasteiger partial charge in [-0.1, -0.05) is 56.0 Å². The van der Waals surface area contributed by atoms with Gasteiger partial charge >= 0.3 is 0 Å². The van der Waals surface area contributed by atoms with Crippen LogP contribution in [0.3, 0.4) is 0 Å². The first-order valence-corrected chi connectivity index (χ1v) is 14.7. The first-order chi connectivity index (χ1) is 19.0. The number of hydrogen-bond acceptors (Lipinski definition) is 3. The fraction of sp³-hybridized carbons (Fsp3) is 0.531. The van der Waals surface area contributed by atoms with Gasteiger partial charge in [0.05, 0.1) is 5.92 Å². The summed E-state index contributed by atoms with van der Waals surface area (Å²) in [5, 5.41) is 0. The molecule has 39 heavy (non-hydrogen) atoms. The Labute approximate surface area is 231 Å². The topological polar surface area (TPSA) is 60.9 Å². The second kappa shape index (κ2) is 12.8. The van der Waals surface area contributed by atoms with Crippen molar-refractivity contribution in [2.45, 2.75) is 70.8 Å². The average molecular weight is 534 g/mol. The Morgan fingerprint density at radius 3 is 2.26 bits per heavy atom. The summed E-state index contributed by atoms with van der Waals surface area (Å²) in [6.07, 6.45) is 9.18. The standard InChI is InChI=1S/C32H40FN3O3/c33-28-15-11-24(12-16-28)17-20-34-23-27(21-30(34)37)31(38)35-18-7-3-1-2-4-8-19-36(32(39)25-13-14-25)29-10-6-5-9-26(29)22-35/h5-6,9-12,15-16,25,27H,1-4,7-8,13-14,17-23H2. The molecule has 0 aromatic heterocycles. The van der Waals surface area contributed by atoms with E-state index in [1.54, 1.807) is 17.0 Å². The molecule has 1 atom stereocenters. The first-order valence-electron chi connectivity index (χ1n) is 14.7. The van der Waals surface area contributed by atoms with Gasteiger partial charge in [-0.15, -0.1) is 0 Å². The molecule has 2 fully saturated rings. The highest BCUT2D eigenvalue weighted by Crippen LogP contribution is 2.35. The molecule has 1 aliphatic carbocycles. The molecule has 1 saturated heterocycles. The fourth-order valence-electron chi connectivity index (χ4n) is 5.89. The number of amides is 3. The number of nitrogens with zero attached hydrogens (tertiary/aromatic N) is 3. The summed E-state index contributed by atoms with van der Waals surface area (Å²) >= 11 is 0. The Kier molecular flexibility index (Phi) is 8.95. The van der Waals surface area contributed by atoms with Gasteiger partial charge in [0.25, 0.3) is 0 Å². The van der Waals surface area contributed by atoms with E-state index in [9.17, 15) is 18.8 Å². The Morgan fingerprint density at radius 1 is 0.821 bits per heavy atom.